The zero-order chi connectivity index (χ0) is 28.5. The molecule has 0 aliphatic heterocycles. The lowest BCUT2D eigenvalue weighted by molar-refractivity contribution is -0.202. The first-order valence-electron chi connectivity index (χ1n) is 17.8. The van der Waals surface area contributed by atoms with Crippen molar-refractivity contribution in [3.8, 4) is 0 Å². The van der Waals surface area contributed by atoms with Crippen molar-refractivity contribution in [2.75, 3.05) is 19.8 Å². The van der Waals surface area contributed by atoms with Gasteiger partial charge in [0.1, 0.15) is 6.10 Å². The lowest BCUT2D eigenvalue weighted by Gasteiger charge is -2.22. The first-order chi connectivity index (χ1) is 19.3. The Hall–Kier alpha value is -0.160. The maximum Gasteiger partial charge on any atom is 0.185 e. The Morgan fingerprint density at radius 1 is 0.385 bits per heavy atom. The molecule has 39 heavy (non-hydrogen) atoms. The third-order valence-corrected chi connectivity index (χ3v) is 8.06. The highest BCUT2D eigenvalue weighted by Crippen LogP contribution is 2.15. The first-order valence-corrected chi connectivity index (χ1v) is 17.8. The molecule has 0 spiro atoms. The van der Waals surface area contributed by atoms with Crippen LogP contribution >= 0.6 is 0 Å². The van der Waals surface area contributed by atoms with E-state index in [2.05, 4.69) is 13.8 Å². The normalized spacial score (nSPS) is 12.5. The van der Waals surface area contributed by atoms with Gasteiger partial charge in [-0.05, 0) is 12.8 Å². The molecular formula is C35H72O4. The SMILES string of the molecule is CCCCCCCCCCCCCCCCOC(OCCCCCCCCCCCCCCCC)C(O)CO. The summed E-state index contributed by atoms with van der Waals surface area (Å²) < 4.78 is 11.6. The fourth-order valence-electron chi connectivity index (χ4n) is 5.35. The van der Waals surface area contributed by atoms with Crippen molar-refractivity contribution < 1.29 is 19.7 Å². The van der Waals surface area contributed by atoms with Crippen LogP contribution in [0.3, 0.4) is 0 Å². The Balaban J connectivity index is 3.49. The zero-order valence-corrected chi connectivity index (χ0v) is 26.8. The highest BCUT2D eigenvalue weighted by molar-refractivity contribution is 4.59. The van der Waals surface area contributed by atoms with E-state index in [1.807, 2.05) is 0 Å². The Labute approximate surface area is 245 Å². The molecule has 236 valence electrons. The van der Waals surface area contributed by atoms with Crippen LogP contribution in [-0.2, 0) is 9.47 Å². The van der Waals surface area contributed by atoms with Gasteiger partial charge in [0.2, 0.25) is 0 Å². The second-order valence-electron chi connectivity index (χ2n) is 12.1. The van der Waals surface area contributed by atoms with Gasteiger partial charge in [-0.25, -0.2) is 0 Å². The maximum absolute atomic E-state index is 10.0. The van der Waals surface area contributed by atoms with Crippen LogP contribution < -0.4 is 0 Å². The van der Waals surface area contributed by atoms with Gasteiger partial charge in [-0.2, -0.15) is 0 Å². The molecule has 4 heteroatoms. The molecule has 0 heterocycles. The van der Waals surface area contributed by atoms with Gasteiger partial charge in [-0.3, -0.25) is 0 Å². The lowest BCUT2D eigenvalue weighted by Crippen LogP contribution is -2.35. The van der Waals surface area contributed by atoms with E-state index in [-0.39, 0.29) is 6.61 Å². The van der Waals surface area contributed by atoms with E-state index >= 15 is 0 Å². The number of ether oxygens (including phenoxy) is 2. The Kier molecular flexibility index (Phi) is 33.9. The number of rotatable bonds is 34. The van der Waals surface area contributed by atoms with Crippen molar-refractivity contribution in [1.82, 2.24) is 0 Å². The molecule has 0 amide bonds. The largest absolute Gasteiger partial charge is 0.393 e. The van der Waals surface area contributed by atoms with E-state index in [1.54, 1.807) is 0 Å². The van der Waals surface area contributed by atoms with E-state index in [9.17, 15) is 10.2 Å². The summed E-state index contributed by atoms with van der Waals surface area (Å²) in [5, 5.41) is 19.4. The van der Waals surface area contributed by atoms with E-state index in [1.165, 1.54) is 167 Å². The van der Waals surface area contributed by atoms with Crippen LogP contribution in [0.5, 0.6) is 0 Å². The van der Waals surface area contributed by atoms with Gasteiger partial charge in [-0.15, -0.1) is 0 Å². The molecule has 0 aliphatic rings. The Morgan fingerprint density at radius 2 is 0.615 bits per heavy atom. The number of hydrogen-bond donors (Lipinski definition) is 2. The van der Waals surface area contributed by atoms with E-state index in [4.69, 9.17) is 9.47 Å². The second kappa shape index (κ2) is 34.0. The minimum atomic E-state index is -0.955. The van der Waals surface area contributed by atoms with Gasteiger partial charge in [0.25, 0.3) is 0 Å². The third kappa shape index (κ3) is 30.6. The van der Waals surface area contributed by atoms with Gasteiger partial charge in [0.15, 0.2) is 6.29 Å². The quantitative estimate of drug-likeness (QED) is 0.0611. The third-order valence-electron chi connectivity index (χ3n) is 8.06. The van der Waals surface area contributed by atoms with Gasteiger partial charge < -0.3 is 19.7 Å². The molecule has 0 saturated carbocycles. The fourth-order valence-corrected chi connectivity index (χ4v) is 5.35. The Morgan fingerprint density at radius 3 is 0.846 bits per heavy atom. The number of aliphatic hydroxyl groups is 2. The predicted molar refractivity (Wildman–Crippen MR) is 169 cm³/mol. The standard InChI is InChI=1S/C35H72O4/c1-3-5-7-9-11-13-15-17-19-21-23-25-27-29-31-38-35(34(37)33-36)39-32-30-28-26-24-22-20-18-16-14-12-10-8-6-4-2/h34-37H,3-33H2,1-2H3. The van der Waals surface area contributed by atoms with E-state index in [0.29, 0.717) is 13.2 Å². The predicted octanol–water partition coefficient (Wildman–Crippen LogP) is 10.7. The Bertz CT molecular complexity index is 397. The summed E-state index contributed by atoms with van der Waals surface area (Å²) in [6.07, 6.45) is 35.8. The summed E-state index contributed by atoms with van der Waals surface area (Å²) in [5.74, 6) is 0. The first kappa shape index (κ1) is 38.8. The highest BCUT2D eigenvalue weighted by atomic mass is 16.7. The number of unbranched alkanes of at least 4 members (excludes halogenated alkanes) is 26. The van der Waals surface area contributed by atoms with Crippen molar-refractivity contribution >= 4 is 0 Å². The fraction of sp³-hybridized carbons (Fsp3) is 1.00. The number of hydrogen-bond acceptors (Lipinski definition) is 4. The van der Waals surface area contributed by atoms with Crippen LogP contribution in [0.4, 0.5) is 0 Å². The van der Waals surface area contributed by atoms with Gasteiger partial charge in [0.05, 0.1) is 6.61 Å². The topological polar surface area (TPSA) is 58.9 Å². The molecule has 0 aromatic heterocycles. The average molecular weight is 557 g/mol. The molecule has 0 aromatic carbocycles. The minimum absolute atomic E-state index is 0.317. The molecule has 0 aromatic rings. The van der Waals surface area contributed by atoms with Crippen LogP contribution in [0.2, 0.25) is 0 Å². The molecule has 0 saturated heterocycles. The van der Waals surface area contributed by atoms with Crippen LogP contribution in [0.1, 0.15) is 194 Å². The van der Waals surface area contributed by atoms with Crippen LogP contribution in [-0.4, -0.2) is 42.4 Å². The summed E-state index contributed by atoms with van der Waals surface area (Å²) in [6.45, 7) is 5.43. The summed E-state index contributed by atoms with van der Waals surface area (Å²) >= 11 is 0. The molecule has 0 radical (unpaired) electrons. The van der Waals surface area contributed by atoms with Crippen molar-refractivity contribution in [3.05, 3.63) is 0 Å². The molecule has 0 bridgehead atoms. The minimum Gasteiger partial charge on any atom is -0.393 e. The second-order valence-corrected chi connectivity index (χ2v) is 12.1. The molecule has 0 aliphatic carbocycles. The van der Waals surface area contributed by atoms with Crippen LogP contribution in [0, 0.1) is 0 Å². The molecule has 4 nitrogen and oxygen atoms in total. The van der Waals surface area contributed by atoms with Crippen LogP contribution in [0.25, 0.3) is 0 Å². The van der Waals surface area contributed by atoms with Gasteiger partial charge in [0, 0.05) is 13.2 Å². The van der Waals surface area contributed by atoms with Crippen molar-refractivity contribution in [2.45, 2.75) is 206 Å². The van der Waals surface area contributed by atoms with Crippen LogP contribution in [0.15, 0.2) is 0 Å². The molecule has 1 unspecified atom stereocenters. The van der Waals surface area contributed by atoms with Crippen molar-refractivity contribution in [2.24, 2.45) is 0 Å². The average Bonchev–Trinajstić information content (AvgIpc) is 2.95. The molecule has 1 atom stereocenters. The monoisotopic (exact) mass is 557 g/mol. The van der Waals surface area contributed by atoms with E-state index < -0.39 is 12.4 Å². The van der Waals surface area contributed by atoms with Gasteiger partial charge in [-0.1, -0.05) is 181 Å². The molecule has 0 rings (SSSR count). The van der Waals surface area contributed by atoms with Crippen molar-refractivity contribution in [1.29, 1.82) is 0 Å². The summed E-state index contributed by atoms with van der Waals surface area (Å²) in [5.41, 5.74) is 0. The summed E-state index contributed by atoms with van der Waals surface area (Å²) in [6, 6.07) is 0. The lowest BCUT2D eigenvalue weighted by atomic mass is 10.0. The maximum atomic E-state index is 10.0. The molecular weight excluding hydrogens is 484 g/mol. The van der Waals surface area contributed by atoms with Crippen molar-refractivity contribution in [3.63, 3.8) is 0 Å². The highest BCUT2D eigenvalue weighted by Gasteiger charge is 2.19. The summed E-state index contributed by atoms with van der Waals surface area (Å²) in [7, 11) is 0. The molecule has 0 fully saturated rings. The smallest absolute Gasteiger partial charge is 0.185 e. The van der Waals surface area contributed by atoms with Gasteiger partial charge >= 0.3 is 0 Å². The van der Waals surface area contributed by atoms with E-state index in [0.717, 1.165) is 12.8 Å². The number of aliphatic hydroxyl groups excluding tert-OH is 2. The zero-order valence-electron chi connectivity index (χ0n) is 26.8. The summed E-state index contributed by atoms with van der Waals surface area (Å²) in [4.78, 5) is 0. The molecule has 2 N–H and O–H groups in total.